The van der Waals surface area contributed by atoms with E-state index in [9.17, 15) is 14.7 Å². The number of aliphatic hydroxyl groups is 1. The highest BCUT2D eigenvalue weighted by molar-refractivity contribution is 6.00. The number of nitrogens with zero attached hydrogens (tertiary/aromatic N) is 1. The number of ketones is 1. The topological polar surface area (TPSA) is 88.5 Å². The second-order valence-electron chi connectivity index (χ2n) is 10.7. The first kappa shape index (κ1) is 22.2. The van der Waals surface area contributed by atoms with Gasteiger partial charge >= 0.3 is 0 Å². The summed E-state index contributed by atoms with van der Waals surface area (Å²) in [4.78, 5) is 28.5. The van der Waals surface area contributed by atoms with Crippen LogP contribution in [0.25, 0.3) is 10.8 Å². The largest absolute Gasteiger partial charge is 0.489 e. The van der Waals surface area contributed by atoms with Gasteiger partial charge in [0.25, 0.3) is 0 Å². The predicted octanol–water partition coefficient (Wildman–Crippen LogP) is 3.97. The molecule has 1 amide bonds. The lowest BCUT2D eigenvalue weighted by Gasteiger charge is -2.45. The Morgan fingerprint density at radius 1 is 1.29 bits per heavy atom. The standard InChI is InChI=1S/C29H30N2O4/c1-16(32)31-14-17-10-24(33)22-12-18-6-8-29(2)23(28(18)35-26(22)11-17)13-25(34)27(29)21-5-3-4-19-15-30-9-7-20(19)21/h3-9,12,15,17,23,25,27-28,34H,10-11,13-14H2,1-2H3,(H,31,32)/t17?,23-,25+,27-,28+,29-/m0/s1. The zero-order valence-electron chi connectivity index (χ0n) is 20.0. The third-order valence-electron chi connectivity index (χ3n) is 8.50. The van der Waals surface area contributed by atoms with E-state index in [1.54, 1.807) is 6.20 Å². The summed E-state index contributed by atoms with van der Waals surface area (Å²) >= 11 is 0. The summed E-state index contributed by atoms with van der Waals surface area (Å²) in [6.07, 6.45) is 11.0. The lowest BCUT2D eigenvalue weighted by Crippen LogP contribution is -2.42. The normalized spacial score (nSPS) is 33.5. The third-order valence-corrected chi connectivity index (χ3v) is 8.50. The van der Waals surface area contributed by atoms with E-state index < -0.39 is 6.10 Å². The number of carbonyl (C=O) groups excluding carboxylic acids is 2. The smallest absolute Gasteiger partial charge is 0.216 e. The van der Waals surface area contributed by atoms with E-state index >= 15 is 0 Å². The molecule has 6 nitrogen and oxygen atoms in total. The van der Waals surface area contributed by atoms with Crippen molar-refractivity contribution in [1.29, 1.82) is 0 Å². The Morgan fingerprint density at radius 2 is 2.14 bits per heavy atom. The van der Waals surface area contributed by atoms with E-state index in [2.05, 4.69) is 41.5 Å². The maximum absolute atomic E-state index is 12.9. The molecule has 1 fully saturated rings. The maximum atomic E-state index is 12.9. The summed E-state index contributed by atoms with van der Waals surface area (Å²) < 4.78 is 6.61. The molecule has 1 unspecified atom stereocenters. The van der Waals surface area contributed by atoms with Crippen molar-refractivity contribution in [3.63, 3.8) is 0 Å². The number of allylic oxidation sites excluding steroid dienone is 4. The van der Waals surface area contributed by atoms with Gasteiger partial charge in [-0.05, 0) is 41.0 Å². The Hall–Kier alpha value is -3.25. The van der Waals surface area contributed by atoms with Crippen molar-refractivity contribution in [3.05, 3.63) is 77.4 Å². The van der Waals surface area contributed by atoms with Crippen LogP contribution >= 0.6 is 0 Å². The van der Waals surface area contributed by atoms with Crippen LogP contribution in [0.3, 0.4) is 0 Å². The zero-order chi connectivity index (χ0) is 24.3. The van der Waals surface area contributed by atoms with Gasteiger partial charge in [0.1, 0.15) is 11.9 Å². The molecule has 1 aromatic carbocycles. The first-order valence-electron chi connectivity index (χ1n) is 12.4. The minimum Gasteiger partial charge on any atom is -0.489 e. The van der Waals surface area contributed by atoms with Crippen LogP contribution in [0, 0.1) is 17.3 Å². The fourth-order valence-electron chi connectivity index (χ4n) is 6.81. The van der Waals surface area contributed by atoms with Gasteiger partial charge in [-0.1, -0.05) is 37.3 Å². The molecular formula is C29H30N2O4. The van der Waals surface area contributed by atoms with Crippen LogP contribution in [0.2, 0.25) is 0 Å². The Labute approximate surface area is 204 Å². The van der Waals surface area contributed by atoms with Gasteiger partial charge < -0.3 is 15.2 Å². The molecule has 1 aliphatic heterocycles. The average molecular weight is 471 g/mol. The van der Waals surface area contributed by atoms with Crippen LogP contribution in [0.5, 0.6) is 0 Å². The molecule has 2 aromatic rings. The molecule has 35 heavy (non-hydrogen) atoms. The lowest BCUT2D eigenvalue weighted by atomic mass is 9.64. The molecule has 4 aliphatic rings. The Balaban J connectivity index is 1.34. The summed E-state index contributed by atoms with van der Waals surface area (Å²) in [6, 6.07) is 8.25. The zero-order valence-corrected chi connectivity index (χ0v) is 20.0. The highest BCUT2D eigenvalue weighted by Crippen LogP contribution is 2.60. The number of nitrogens with one attached hydrogen (secondary N) is 1. The molecule has 0 spiro atoms. The minimum atomic E-state index is -0.507. The summed E-state index contributed by atoms with van der Waals surface area (Å²) in [6.45, 7) is 4.19. The molecule has 2 heterocycles. The summed E-state index contributed by atoms with van der Waals surface area (Å²) in [7, 11) is 0. The van der Waals surface area contributed by atoms with Crippen molar-refractivity contribution in [2.45, 2.75) is 51.2 Å². The quantitative estimate of drug-likeness (QED) is 0.709. The van der Waals surface area contributed by atoms with Gasteiger partial charge in [-0.15, -0.1) is 0 Å². The molecule has 0 radical (unpaired) electrons. The molecule has 1 saturated carbocycles. The van der Waals surface area contributed by atoms with Gasteiger partial charge in [-0.3, -0.25) is 14.6 Å². The van der Waals surface area contributed by atoms with Gasteiger partial charge in [0.15, 0.2) is 5.78 Å². The number of hydrogen-bond acceptors (Lipinski definition) is 5. The first-order valence-corrected chi connectivity index (χ1v) is 12.4. The second-order valence-corrected chi connectivity index (χ2v) is 10.7. The fraction of sp³-hybridized carbons (Fsp3) is 0.414. The van der Waals surface area contributed by atoms with Gasteiger partial charge in [0.2, 0.25) is 5.91 Å². The number of benzene rings is 1. The molecule has 6 heteroatoms. The molecule has 6 atom stereocenters. The van der Waals surface area contributed by atoms with Crippen molar-refractivity contribution in [3.8, 4) is 0 Å². The van der Waals surface area contributed by atoms with Crippen LogP contribution in [0.4, 0.5) is 0 Å². The van der Waals surface area contributed by atoms with Crippen LogP contribution < -0.4 is 5.32 Å². The molecule has 180 valence electrons. The molecule has 0 bridgehead atoms. The minimum absolute atomic E-state index is 0.0387. The van der Waals surface area contributed by atoms with E-state index in [1.165, 1.54) is 6.92 Å². The Bertz CT molecular complexity index is 1320. The monoisotopic (exact) mass is 470 g/mol. The number of hydrogen-bond donors (Lipinski definition) is 2. The average Bonchev–Trinajstić information content (AvgIpc) is 3.12. The van der Waals surface area contributed by atoms with E-state index in [1.807, 2.05) is 24.4 Å². The molecule has 2 N–H and O–H groups in total. The second kappa shape index (κ2) is 8.16. The summed E-state index contributed by atoms with van der Waals surface area (Å²) in [5, 5.41) is 16.4. The summed E-state index contributed by atoms with van der Waals surface area (Å²) in [5.74, 6) is 0.760. The predicted molar refractivity (Wildman–Crippen MR) is 132 cm³/mol. The number of rotatable bonds is 3. The Morgan fingerprint density at radius 3 is 2.97 bits per heavy atom. The van der Waals surface area contributed by atoms with Gasteiger partial charge in [-0.25, -0.2) is 0 Å². The SMILES string of the molecule is CC(=O)NCC1CC(=O)C2=C(C1)O[C@@H]1C(=C2)C=C[C@@]2(C)[C@H]1C[C@@H](O)[C@@H]2c1cccc2cnccc12. The number of carbonyl (C=O) groups is 2. The number of ether oxygens (including phenoxy) is 1. The van der Waals surface area contributed by atoms with E-state index in [4.69, 9.17) is 4.74 Å². The van der Waals surface area contributed by atoms with Crippen LogP contribution in [-0.4, -0.2) is 40.5 Å². The van der Waals surface area contributed by atoms with E-state index in [0.717, 1.165) is 27.7 Å². The third kappa shape index (κ3) is 3.54. The van der Waals surface area contributed by atoms with Crippen molar-refractivity contribution in [2.75, 3.05) is 6.54 Å². The van der Waals surface area contributed by atoms with Crippen LogP contribution in [0.1, 0.15) is 44.6 Å². The molecule has 6 rings (SSSR count). The Kier molecular flexibility index (Phi) is 5.18. The van der Waals surface area contributed by atoms with Crippen molar-refractivity contribution < 1.29 is 19.4 Å². The molecule has 3 aliphatic carbocycles. The van der Waals surface area contributed by atoms with Gasteiger partial charge in [0, 0.05) is 61.3 Å². The van der Waals surface area contributed by atoms with Crippen molar-refractivity contribution in [1.82, 2.24) is 10.3 Å². The number of pyridine rings is 1. The lowest BCUT2D eigenvalue weighted by molar-refractivity contribution is -0.120. The van der Waals surface area contributed by atoms with Gasteiger partial charge in [0.05, 0.1) is 11.7 Å². The molecule has 1 aromatic heterocycles. The van der Waals surface area contributed by atoms with Crippen molar-refractivity contribution >= 4 is 22.5 Å². The molecule has 0 saturated heterocycles. The van der Waals surface area contributed by atoms with E-state index in [0.29, 0.717) is 31.4 Å². The molecular weight excluding hydrogens is 440 g/mol. The highest BCUT2D eigenvalue weighted by atomic mass is 16.5. The van der Waals surface area contributed by atoms with Crippen LogP contribution in [-0.2, 0) is 14.3 Å². The number of aromatic nitrogens is 1. The number of fused-ring (bicyclic) bond motifs is 4. The number of amides is 1. The number of aliphatic hydroxyl groups excluding tert-OH is 1. The van der Waals surface area contributed by atoms with Gasteiger partial charge in [-0.2, -0.15) is 0 Å². The van der Waals surface area contributed by atoms with Crippen LogP contribution in [0.15, 0.2) is 71.8 Å². The van der Waals surface area contributed by atoms with Crippen molar-refractivity contribution in [2.24, 2.45) is 17.3 Å². The first-order chi connectivity index (χ1) is 16.8. The summed E-state index contributed by atoms with van der Waals surface area (Å²) in [5.41, 5.74) is 2.51. The van der Waals surface area contributed by atoms with E-state index in [-0.39, 0.29) is 41.0 Å². The maximum Gasteiger partial charge on any atom is 0.216 e. The number of Topliss-reactive ketones (excluding diaryl/α,β-unsaturated/α-hetero) is 1. The highest BCUT2D eigenvalue weighted by Gasteiger charge is 2.57. The fourth-order valence-corrected chi connectivity index (χ4v) is 6.81.